The van der Waals surface area contributed by atoms with Gasteiger partial charge in [-0.05, 0) is 57.9 Å². The second-order valence-electron chi connectivity index (χ2n) is 7.56. The van der Waals surface area contributed by atoms with E-state index in [1.165, 1.54) is 58.5 Å². The fraction of sp³-hybridized carbons (Fsp3) is 0.500. The first kappa shape index (κ1) is 18.5. The average Bonchev–Trinajstić information content (AvgIpc) is 3.39. The molecule has 146 valence electrons. The topological polar surface area (TPSA) is 67.8 Å². The second-order valence-corrected chi connectivity index (χ2v) is 10.8. The van der Waals surface area contributed by atoms with Crippen LogP contribution in [0.15, 0.2) is 5.03 Å². The molecule has 3 heterocycles. The van der Waals surface area contributed by atoms with E-state index < -0.39 is 0 Å². The van der Waals surface area contributed by atoms with Crippen LogP contribution in [0.4, 0.5) is 5.13 Å². The highest BCUT2D eigenvalue weighted by molar-refractivity contribution is 8.00. The Morgan fingerprint density at radius 2 is 1.96 bits per heavy atom. The molecule has 0 aliphatic heterocycles. The molecule has 28 heavy (non-hydrogen) atoms. The molecule has 3 aromatic rings. The van der Waals surface area contributed by atoms with Gasteiger partial charge in [0.25, 0.3) is 0 Å². The van der Waals surface area contributed by atoms with Crippen LogP contribution in [-0.2, 0) is 17.6 Å². The number of carbonyl (C=O) groups is 1. The number of thiazole rings is 1. The summed E-state index contributed by atoms with van der Waals surface area (Å²) in [6.07, 6.45) is 6.91. The quantitative estimate of drug-likeness (QED) is 0.442. The normalized spacial score (nSPS) is 16.4. The maximum absolute atomic E-state index is 12.5. The number of aromatic nitrogens is 3. The molecule has 3 aromatic heterocycles. The van der Waals surface area contributed by atoms with Crippen molar-refractivity contribution >= 4 is 55.7 Å². The van der Waals surface area contributed by atoms with Crippen molar-refractivity contribution in [1.82, 2.24) is 15.0 Å². The van der Waals surface area contributed by atoms with E-state index in [9.17, 15) is 4.79 Å². The van der Waals surface area contributed by atoms with Crippen LogP contribution in [0.2, 0.25) is 0 Å². The van der Waals surface area contributed by atoms with Crippen molar-refractivity contribution in [3.8, 4) is 0 Å². The summed E-state index contributed by atoms with van der Waals surface area (Å²) in [5.74, 6) is 1.78. The SMILES string of the molecule is Cc1sc2nc(C3CC3)nc(SCC(=O)Nc3nc4c(s3)CCCC4)c2c1C. The van der Waals surface area contributed by atoms with Crippen molar-refractivity contribution in [1.29, 1.82) is 0 Å². The van der Waals surface area contributed by atoms with E-state index in [0.29, 0.717) is 11.7 Å². The molecule has 1 saturated carbocycles. The van der Waals surface area contributed by atoms with Gasteiger partial charge < -0.3 is 5.32 Å². The zero-order chi connectivity index (χ0) is 19.3. The van der Waals surface area contributed by atoms with Crippen LogP contribution >= 0.6 is 34.4 Å². The Morgan fingerprint density at radius 3 is 2.75 bits per heavy atom. The van der Waals surface area contributed by atoms with Gasteiger partial charge in [0, 0.05) is 21.1 Å². The highest BCUT2D eigenvalue weighted by Gasteiger charge is 2.28. The van der Waals surface area contributed by atoms with Gasteiger partial charge in [-0.1, -0.05) is 11.8 Å². The first-order chi connectivity index (χ1) is 13.6. The van der Waals surface area contributed by atoms with Crippen molar-refractivity contribution in [2.45, 2.75) is 63.3 Å². The Kier molecular flexibility index (Phi) is 4.88. The Balaban J connectivity index is 1.33. The van der Waals surface area contributed by atoms with Crippen molar-refractivity contribution in [3.05, 3.63) is 26.8 Å². The van der Waals surface area contributed by atoms with Gasteiger partial charge in [0.1, 0.15) is 15.7 Å². The van der Waals surface area contributed by atoms with Crippen molar-refractivity contribution in [2.75, 3.05) is 11.1 Å². The lowest BCUT2D eigenvalue weighted by Gasteiger charge is -2.06. The molecule has 0 bridgehead atoms. The fourth-order valence-corrected chi connectivity index (χ4v) is 6.61. The molecule has 8 heteroatoms. The zero-order valence-electron chi connectivity index (χ0n) is 16.0. The van der Waals surface area contributed by atoms with E-state index in [4.69, 9.17) is 9.97 Å². The number of aryl methyl sites for hydroxylation is 4. The lowest BCUT2D eigenvalue weighted by atomic mass is 10.0. The number of anilines is 1. The Morgan fingerprint density at radius 1 is 1.14 bits per heavy atom. The summed E-state index contributed by atoms with van der Waals surface area (Å²) in [6.45, 7) is 4.25. The maximum atomic E-state index is 12.5. The number of thioether (sulfide) groups is 1. The number of amides is 1. The zero-order valence-corrected chi connectivity index (χ0v) is 18.5. The van der Waals surface area contributed by atoms with E-state index >= 15 is 0 Å². The van der Waals surface area contributed by atoms with Crippen LogP contribution < -0.4 is 5.32 Å². The van der Waals surface area contributed by atoms with E-state index in [2.05, 4.69) is 24.1 Å². The summed E-state index contributed by atoms with van der Waals surface area (Å²) in [4.78, 5) is 30.5. The largest absolute Gasteiger partial charge is 0.301 e. The van der Waals surface area contributed by atoms with E-state index in [0.717, 1.165) is 39.0 Å². The number of nitrogens with one attached hydrogen (secondary N) is 1. The molecule has 0 atom stereocenters. The summed E-state index contributed by atoms with van der Waals surface area (Å²) >= 11 is 4.88. The van der Waals surface area contributed by atoms with E-state index in [1.807, 2.05) is 0 Å². The number of nitrogens with zero attached hydrogens (tertiary/aromatic N) is 3. The molecule has 5 rings (SSSR count). The van der Waals surface area contributed by atoms with Crippen LogP contribution in [0.3, 0.4) is 0 Å². The van der Waals surface area contributed by atoms with Crippen molar-refractivity contribution in [3.63, 3.8) is 0 Å². The minimum Gasteiger partial charge on any atom is -0.301 e. The fourth-order valence-electron chi connectivity index (χ4n) is 3.55. The Hall–Kier alpha value is -1.51. The highest BCUT2D eigenvalue weighted by atomic mass is 32.2. The smallest absolute Gasteiger partial charge is 0.236 e. The average molecular weight is 431 g/mol. The van der Waals surface area contributed by atoms with Gasteiger partial charge in [0.2, 0.25) is 5.91 Å². The Labute approximate surface area is 176 Å². The molecule has 2 aliphatic rings. The first-order valence-electron chi connectivity index (χ1n) is 9.77. The summed E-state index contributed by atoms with van der Waals surface area (Å²) in [7, 11) is 0. The summed E-state index contributed by atoms with van der Waals surface area (Å²) in [5.41, 5.74) is 2.41. The number of hydrogen-bond acceptors (Lipinski definition) is 7. The summed E-state index contributed by atoms with van der Waals surface area (Å²) < 4.78 is 0. The minimum absolute atomic E-state index is 0.0135. The van der Waals surface area contributed by atoms with E-state index in [1.54, 1.807) is 22.7 Å². The standard InChI is InChI=1S/C20H22N4OS3/c1-10-11(2)27-19-16(10)18(23-17(24-19)12-7-8-12)26-9-15(25)22-20-21-13-5-3-4-6-14(13)28-20/h12H,3-9H2,1-2H3,(H,21,22,25). The second kappa shape index (κ2) is 7.39. The number of fused-ring (bicyclic) bond motifs is 2. The van der Waals surface area contributed by atoms with Crippen LogP contribution in [0, 0.1) is 13.8 Å². The third-order valence-corrected chi connectivity index (χ3v) is 8.54. The molecule has 0 spiro atoms. The lowest BCUT2D eigenvalue weighted by Crippen LogP contribution is -2.14. The van der Waals surface area contributed by atoms with Gasteiger partial charge in [-0.2, -0.15) is 0 Å². The monoisotopic (exact) mass is 430 g/mol. The summed E-state index contributed by atoms with van der Waals surface area (Å²) in [5, 5.41) is 5.80. The number of rotatable bonds is 5. The molecule has 0 unspecified atom stereocenters. The first-order valence-corrected chi connectivity index (χ1v) is 12.4. The molecule has 2 aliphatic carbocycles. The molecule has 5 nitrogen and oxygen atoms in total. The van der Waals surface area contributed by atoms with Gasteiger partial charge in [-0.15, -0.1) is 22.7 Å². The Bertz CT molecular complexity index is 1040. The number of thiophene rings is 1. The number of carbonyl (C=O) groups excluding carboxylic acids is 1. The van der Waals surface area contributed by atoms with E-state index in [-0.39, 0.29) is 5.91 Å². The lowest BCUT2D eigenvalue weighted by molar-refractivity contribution is -0.113. The molecule has 1 fully saturated rings. The predicted molar refractivity (Wildman–Crippen MR) is 117 cm³/mol. The highest BCUT2D eigenvalue weighted by Crippen LogP contribution is 2.42. The predicted octanol–water partition coefficient (Wildman–Crippen LogP) is 5.25. The third-order valence-electron chi connectivity index (χ3n) is 5.39. The van der Waals surface area contributed by atoms with Crippen LogP contribution in [0.25, 0.3) is 10.2 Å². The maximum Gasteiger partial charge on any atom is 0.236 e. The molecule has 1 amide bonds. The van der Waals surface area contributed by atoms with Gasteiger partial charge >= 0.3 is 0 Å². The van der Waals surface area contributed by atoms with Gasteiger partial charge in [0.15, 0.2) is 5.13 Å². The van der Waals surface area contributed by atoms with Crippen LogP contribution in [-0.4, -0.2) is 26.6 Å². The van der Waals surface area contributed by atoms with Crippen LogP contribution in [0.1, 0.15) is 58.4 Å². The molecular formula is C20H22N4OS3. The third kappa shape index (κ3) is 3.57. The van der Waals surface area contributed by atoms with Gasteiger partial charge in [-0.3, -0.25) is 4.79 Å². The van der Waals surface area contributed by atoms with Crippen LogP contribution in [0.5, 0.6) is 0 Å². The minimum atomic E-state index is -0.0135. The van der Waals surface area contributed by atoms with Crippen molar-refractivity contribution < 1.29 is 4.79 Å². The summed E-state index contributed by atoms with van der Waals surface area (Å²) in [6, 6.07) is 0. The van der Waals surface area contributed by atoms with Crippen molar-refractivity contribution in [2.24, 2.45) is 0 Å². The molecule has 1 N–H and O–H groups in total. The van der Waals surface area contributed by atoms with Gasteiger partial charge in [0.05, 0.1) is 11.4 Å². The molecule has 0 radical (unpaired) electrons. The molecular weight excluding hydrogens is 408 g/mol. The number of hydrogen-bond donors (Lipinski definition) is 1. The van der Waals surface area contributed by atoms with Gasteiger partial charge in [-0.25, -0.2) is 15.0 Å². The molecule has 0 aromatic carbocycles. The molecule has 0 saturated heterocycles.